The predicted molar refractivity (Wildman–Crippen MR) is 402 cm³/mol. The zero-order chi connectivity index (χ0) is 70.6. The molecule has 0 spiro atoms. The number of carbonyl (C=O) groups excluding carboxylic acids is 2. The minimum Gasteiger partial charge on any atom is -0.755 e. The van der Waals surface area contributed by atoms with E-state index in [0.29, 0.717) is 88.4 Å². The third-order valence-electron chi connectivity index (χ3n) is 11.3. The number of thiocarbonyl (C=S) groups is 2. The van der Waals surface area contributed by atoms with Gasteiger partial charge in [-0.2, -0.15) is 0 Å². The number of carbonyl (C=O) groups is 2. The van der Waals surface area contributed by atoms with Crippen LogP contribution in [0.1, 0.15) is 91.0 Å². The summed E-state index contributed by atoms with van der Waals surface area (Å²) in [4.78, 5) is 23.1. The van der Waals surface area contributed by atoms with Crippen LogP contribution in [0.3, 0.4) is 0 Å². The number of hydrogen-bond donors (Lipinski definition) is 6. The van der Waals surface area contributed by atoms with Crippen molar-refractivity contribution in [3.63, 3.8) is 0 Å². The molecule has 4 atom stereocenters. The van der Waals surface area contributed by atoms with Crippen molar-refractivity contribution in [3.05, 3.63) is 242 Å². The standard InChI is InChI=1S/C13H11Cl2NO3S2.2C13H12ClNO4S2.C13H12ClNO3S3.2C3H6.CH3.Cl2OS/c14-11-6-8(3-4-9-2-1-5-19-9)10(13(15)20)7-12(11)16-21(17)18;2*14-11-6-8(3-4-9-2-1-5-19-9)10(13(16)20)7-12(11)15-21(17)18;14-11-6-8(3-4-9-2-1-5-18-9)10(13(19)20)7-12(11)15-21(16)17;2*1-3-2;;1-4(2)3/h1-2,5-7,16H,3-4H2,(H,17,18);2*1-2,5-7,15H,3-4H2,(H,16,20)(H,17,18);1-2,5-7,15H,3-4H2,(H,16,17)(H,19,20);2*3H,1H2,2H3;1H3;/q;;;;;;+1;/p-5. The highest BCUT2D eigenvalue weighted by Crippen LogP contribution is 2.33. The number of nitrogens with one attached hydrogen (secondary N) is 4. The lowest BCUT2D eigenvalue weighted by molar-refractivity contribution is 0.108. The monoisotopic (exact) mass is 1630 g/mol. The van der Waals surface area contributed by atoms with Crippen LogP contribution in [-0.2, 0) is 118 Å². The summed E-state index contributed by atoms with van der Waals surface area (Å²) in [6.07, 6.45) is 14.7. The van der Waals surface area contributed by atoms with Gasteiger partial charge in [0.1, 0.15) is 27.4 Å². The largest absolute Gasteiger partial charge is 0.755 e. The molecule has 0 fully saturated rings. The molecule has 0 radical (unpaired) electrons. The lowest BCUT2D eigenvalue weighted by Crippen LogP contribution is -2.07. The lowest BCUT2D eigenvalue weighted by atomic mass is 10.0. The first-order valence-electron chi connectivity index (χ1n) is 26.0. The molecule has 19 nitrogen and oxygen atoms in total. The summed E-state index contributed by atoms with van der Waals surface area (Å²) in [6, 6.07) is 26.9. The van der Waals surface area contributed by atoms with Crippen molar-refractivity contribution < 1.29 is 66.5 Å². The highest BCUT2D eigenvalue weighted by molar-refractivity contribution is 8.26. The molecule has 0 aliphatic heterocycles. The maximum Gasteiger partial charge on any atom is 0.216 e. The van der Waals surface area contributed by atoms with Crippen LogP contribution < -0.4 is 18.9 Å². The summed E-state index contributed by atoms with van der Waals surface area (Å²) in [6.45, 7) is 10.5. The van der Waals surface area contributed by atoms with E-state index < -0.39 is 64.5 Å². The number of thiol groups is 2. The van der Waals surface area contributed by atoms with Gasteiger partial charge >= 0.3 is 0 Å². The number of anilines is 4. The topological polar surface area (TPSA) is 312 Å². The summed E-state index contributed by atoms with van der Waals surface area (Å²) in [5, 5.41) is -0.0189. The van der Waals surface area contributed by atoms with E-state index in [4.69, 9.17) is 104 Å². The van der Waals surface area contributed by atoms with E-state index in [1.807, 2.05) is 50.2 Å². The van der Waals surface area contributed by atoms with Crippen molar-refractivity contribution in [2.75, 3.05) is 18.9 Å². The Morgan fingerprint density at radius 2 is 0.726 bits per heavy atom. The molecule has 0 saturated carbocycles. The van der Waals surface area contributed by atoms with Crippen LogP contribution in [0.5, 0.6) is 0 Å². The van der Waals surface area contributed by atoms with Gasteiger partial charge in [-0.3, -0.25) is 21.6 Å². The Morgan fingerprint density at radius 3 is 0.947 bits per heavy atom. The van der Waals surface area contributed by atoms with E-state index in [1.165, 1.54) is 18.2 Å². The fourth-order valence-corrected chi connectivity index (χ4v) is 11.3. The molecule has 4 N–H and O–H groups in total. The number of hydrogen-bond acceptors (Lipinski definition) is 18. The summed E-state index contributed by atoms with van der Waals surface area (Å²) >= 11 is 42.9. The molecule has 4 aromatic carbocycles. The minimum atomic E-state index is -2.53. The summed E-state index contributed by atoms with van der Waals surface area (Å²) < 4.78 is 125. The van der Waals surface area contributed by atoms with Crippen molar-refractivity contribution in [1.82, 2.24) is 0 Å². The van der Waals surface area contributed by atoms with Gasteiger partial charge in [0.25, 0.3) is 0 Å². The van der Waals surface area contributed by atoms with Crippen molar-refractivity contribution in [1.29, 1.82) is 0 Å². The molecule has 0 bridgehead atoms. The number of furan rings is 4. The molecule has 0 saturated heterocycles. The average Bonchev–Trinajstić information content (AvgIpc) is 1.63. The Kier molecular flexibility index (Phi) is 45.1. The van der Waals surface area contributed by atoms with Gasteiger partial charge in [0, 0.05) is 121 Å². The fourth-order valence-electron chi connectivity index (χ4n) is 7.58. The molecule has 0 aliphatic carbocycles. The van der Waals surface area contributed by atoms with Crippen LogP contribution in [0.15, 0.2) is 165 Å². The van der Waals surface area contributed by atoms with E-state index in [2.05, 4.69) is 91.3 Å². The predicted octanol–water partition coefficient (Wildman–Crippen LogP) is 16.9. The van der Waals surface area contributed by atoms with Gasteiger partial charge in [0.05, 0.1) is 72.1 Å². The van der Waals surface area contributed by atoms with Gasteiger partial charge < -0.3 is 72.2 Å². The second-order valence-electron chi connectivity index (χ2n) is 17.8. The molecule has 4 unspecified atom stereocenters. The Balaban J connectivity index is 0.000000601. The van der Waals surface area contributed by atoms with Gasteiger partial charge in [-0.15, -0.1) is 38.4 Å². The smallest absolute Gasteiger partial charge is 0.216 e. The third-order valence-corrected chi connectivity index (χ3v) is 15.5. The van der Waals surface area contributed by atoms with Crippen LogP contribution in [-0.4, -0.2) is 58.0 Å². The molecule has 4 heterocycles. The Hall–Kier alpha value is -4.39. The van der Waals surface area contributed by atoms with Crippen LogP contribution >= 0.6 is 129 Å². The normalized spacial score (nSPS) is 11.4. The minimum absolute atomic E-state index is 0. The lowest BCUT2D eigenvalue weighted by Gasteiger charge is -2.17. The zero-order valence-corrected chi connectivity index (χ0v) is 63.3. The van der Waals surface area contributed by atoms with Crippen molar-refractivity contribution >= 4 is 237 Å². The third kappa shape index (κ3) is 35.3. The van der Waals surface area contributed by atoms with E-state index >= 15 is 0 Å². The second-order valence-corrected chi connectivity index (χ2v) is 27.6. The number of allylic oxidation sites excluding steroid dienone is 2. The van der Waals surface area contributed by atoms with Crippen LogP contribution in [0, 0.1) is 7.43 Å². The first-order valence-corrected chi connectivity index (χ1v) is 37.1. The van der Waals surface area contributed by atoms with Gasteiger partial charge in [-0.25, -0.2) is 4.21 Å². The first kappa shape index (κ1) is 88.6. The average molecular weight is 1630 g/mol. The fraction of sp³-hybridized carbons (Fsp3) is 0.169. The SMILES string of the molecule is C=CC.C=CC.O=C(S)c1cc(NS(=O)[O-])c(Cl)cc1CCc1ccco1.O=C([S-])c1cc(NS(=O)[O-])c(Cl)cc1CCc1ccco1.O=S(Cl)Cl.O=S([O-])Nc1cc(C(=S)Cl)c(CCc2ccco2)cc1Cl.O=S([O-])Nc1cc(C(=S)S)c(CCc2ccco2)cc1Cl.[CH3+]. The number of benzene rings is 4. The van der Waals surface area contributed by atoms with Crippen molar-refractivity contribution in [3.8, 4) is 0 Å². The highest BCUT2D eigenvalue weighted by Gasteiger charge is 2.17. The number of halogens is 7. The highest BCUT2D eigenvalue weighted by atomic mass is 36.0. The summed E-state index contributed by atoms with van der Waals surface area (Å²) in [5.74, 6) is 3.24. The van der Waals surface area contributed by atoms with E-state index in [0.717, 1.165) is 34.2 Å². The van der Waals surface area contributed by atoms with E-state index in [9.17, 15) is 44.6 Å². The van der Waals surface area contributed by atoms with E-state index in [-0.39, 0.29) is 55.1 Å². The Bertz CT molecular complexity index is 3390. The molecule has 95 heavy (non-hydrogen) atoms. The molecular formula is C59H57Cl7N4O15S10-4. The molecule has 4 aromatic heterocycles. The molecule has 8 rings (SSSR count). The van der Waals surface area contributed by atoms with Crippen molar-refractivity contribution in [2.24, 2.45) is 0 Å². The van der Waals surface area contributed by atoms with E-state index in [1.54, 1.807) is 79.7 Å². The Labute approximate surface area is 624 Å². The molecular weight excluding hydrogens is 1570 g/mol. The number of rotatable bonds is 24. The summed E-state index contributed by atoms with van der Waals surface area (Å²) in [5.41, 5.74) is 5.66. The molecule has 0 aliphatic rings. The molecule has 516 valence electrons. The van der Waals surface area contributed by atoms with Crippen LogP contribution in [0.2, 0.25) is 20.1 Å². The molecule has 0 amide bonds. The van der Waals surface area contributed by atoms with Crippen molar-refractivity contribution in [2.45, 2.75) is 65.2 Å². The van der Waals surface area contributed by atoms with Gasteiger partial charge in [0.15, 0.2) is 0 Å². The Morgan fingerprint density at radius 1 is 0.495 bits per heavy atom. The zero-order valence-electron chi connectivity index (χ0n) is 49.7. The maximum absolute atomic E-state index is 11.6. The maximum atomic E-state index is 11.6. The second kappa shape index (κ2) is 48.4. The molecule has 36 heteroatoms. The van der Waals surface area contributed by atoms with Crippen LogP contribution in [0.4, 0.5) is 22.7 Å². The van der Waals surface area contributed by atoms with Gasteiger partial charge in [0.2, 0.25) is 14.3 Å². The van der Waals surface area contributed by atoms with Gasteiger partial charge in [-0.1, -0.05) is 94.6 Å². The quantitative estimate of drug-likeness (QED) is 0.00623. The summed E-state index contributed by atoms with van der Waals surface area (Å²) in [7, 11) is 7.36. The van der Waals surface area contributed by atoms with Crippen LogP contribution in [0.25, 0.3) is 0 Å². The first-order chi connectivity index (χ1) is 44.4. The van der Waals surface area contributed by atoms with Gasteiger partial charge in [-0.05, 0) is 164 Å². The number of aryl methyl sites for hydroxylation is 8. The molecule has 8 aromatic rings.